The minimum absolute atomic E-state index is 0.268. The third-order valence-electron chi connectivity index (χ3n) is 4.72. The van der Waals surface area contributed by atoms with E-state index in [1.54, 1.807) is 0 Å². The predicted octanol–water partition coefficient (Wildman–Crippen LogP) is 2.97. The van der Waals surface area contributed by atoms with Crippen LogP contribution >= 0.6 is 0 Å². The number of rotatable bonds is 2. The van der Waals surface area contributed by atoms with E-state index in [-0.39, 0.29) is 11.9 Å². The number of fused-ring (bicyclic) bond motifs is 3. The molecule has 1 saturated carbocycles. The first-order valence-electron chi connectivity index (χ1n) is 7.65. The topological polar surface area (TPSA) is 55.9 Å². The van der Waals surface area contributed by atoms with E-state index in [1.807, 2.05) is 17.7 Å². The number of hydrogen-bond donors (Lipinski definition) is 1. The molecule has 2 aromatic heterocycles. The van der Waals surface area contributed by atoms with E-state index in [0.717, 1.165) is 31.2 Å². The van der Waals surface area contributed by atoms with Crippen LogP contribution in [0.25, 0.3) is 11.4 Å². The van der Waals surface area contributed by atoms with Gasteiger partial charge in [-0.3, -0.25) is 4.68 Å². The van der Waals surface area contributed by atoms with Gasteiger partial charge in [0.25, 0.3) is 0 Å². The average molecular weight is 326 g/mol. The smallest absolute Gasteiger partial charge is 0.374 e. The Balaban J connectivity index is 1.85. The quantitative estimate of drug-likeness (QED) is 0.923. The molecule has 1 fully saturated rings. The van der Waals surface area contributed by atoms with Crippen LogP contribution in [0.15, 0.2) is 12.3 Å². The van der Waals surface area contributed by atoms with Gasteiger partial charge in [0.15, 0.2) is 5.82 Å². The van der Waals surface area contributed by atoms with Gasteiger partial charge >= 0.3 is 6.18 Å². The van der Waals surface area contributed by atoms with Crippen molar-refractivity contribution in [3.63, 3.8) is 0 Å². The van der Waals surface area contributed by atoms with Gasteiger partial charge in [-0.15, -0.1) is 0 Å². The third-order valence-corrected chi connectivity index (χ3v) is 4.72. The van der Waals surface area contributed by atoms with Crippen molar-refractivity contribution in [2.24, 2.45) is 0 Å². The SMILES string of the molecule is C[C@H]1Cn2nc(C3CC3)cc2-c2cnc(C(C)(O)C(F)(F)F)n21. The Kier molecular flexibility index (Phi) is 2.80. The minimum atomic E-state index is -4.79. The summed E-state index contributed by atoms with van der Waals surface area (Å²) < 4.78 is 42.9. The van der Waals surface area contributed by atoms with Gasteiger partial charge in [-0.05, 0) is 32.8 Å². The lowest BCUT2D eigenvalue weighted by Gasteiger charge is -2.31. The van der Waals surface area contributed by atoms with Gasteiger partial charge in [-0.25, -0.2) is 4.98 Å². The first-order valence-corrected chi connectivity index (χ1v) is 7.65. The molecule has 1 aliphatic heterocycles. The fraction of sp³-hybridized carbons (Fsp3) is 0.600. The van der Waals surface area contributed by atoms with Crippen molar-refractivity contribution in [3.05, 3.63) is 23.8 Å². The van der Waals surface area contributed by atoms with Crippen molar-refractivity contribution >= 4 is 0 Å². The van der Waals surface area contributed by atoms with E-state index >= 15 is 0 Å². The molecule has 23 heavy (non-hydrogen) atoms. The molecular formula is C15H17F3N4O. The molecule has 1 N–H and O–H groups in total. The zero-order valence-corrected chi connectivity index (χ0v) is 12.8. The van der Waals surface area contributed by atoms with E-state index in [4.69, 9.17) is 0 Å². The summed E-state index contributed by atoms with van der Waals surface area (Å²) in [5.41, 5.74) is -0.656. The van der Waals surface area contributed by atoms with Crippen molar-refractivity contribution in [1.29, 1.82) is 0 Å². The van der Waals surface area contributed by atoms with E-state index in [9.17, 15) is 18.3 Å². The molecule has 5 nitrogen and oxygen atoms in total. The van der Waals surface area contributed by atoms with Crippen molar-refractivity contribution in [1.82, 2.24) is 19.3 Å². The van der Waals surface area contributed by atoms with Gasteiger partial charge in [0.05, 0.1) is 35.9 Å². The second kappa shape index (κ2) is 4.37. The number of imidazole rings is 1. The molecule has 1 aliphatic carbocycles. The highest BCUT2D eigenvalue weighted by molar-refractivity contribution is 5.58. The van der Waals surface area contributed by atoms with Gasteiger partial charge in [0.1, 0.15) is 0 Å². The van der Waals surface area contributed by atoms with Gasteiger partial charge in [-0.1, -0.05) is 0 Å². The number of nitrogens with zero attached hydrogens (tertiary/aromatic N) is 4. The predicted molar refractivity (Wildman–Crippen MR) is 75.8 cm³/mol. The molecule has 2 atom stereocenters. The number of aliphatic hydroxyl groups is 1. The highest BCUT2D eigenvalue weighted by Crippen LogP contribution is 2.44. The molecule has 0 amide bonds. The van der Waals surface area contributed by atoms with Crippen molar-refractivity contribution in [3.8, 4) is 11.4 Å². The van der Waals surface area contributed by atoms with Crippen LogP contribution in [0.2, 0.25) is 0 Å². The van der Waals surface area contributed by atoms with Crippen LogP contribution in [-0.4, -0.2) is 30.6 Å². The van der Waals surface area contributed by atoms with Crippen LogP contribution in [-0.2, 0) is 12.1 Å². The largest absolute Gasteiger partial charge is 0.424 e. The Hall–Kier alpha value is -1.83. The molecule has 0 bridgehead atoms. The molecule has 1 unspecified atom stereocenters. The van der Waals surface area contributed by atoms with E-state index in [0.29, 0.717) is 18.2 Å². The fourth-order valence-corrected chi connectivity index (χ4v) is 3.18. The lowest BCUT2D eigenvalue weighted by atomic mass is 10.0. The van der Waals surface area contributed by atoms with E-state index < -0.39 is 11.8 Å². The number of hydrogen-bond acceptors (Lipinski definition) is 3. The summed E-state index contributed by atoms with van der Waals surface area (Å²) in [7, 11) is 0. The Morgan fingerprint density at radius 1 is 1.26 bits per heavy atom. The van der Waals surface area contributed by atoms with Crippen molar-refractivity contribution < 1.29 is 18.3 Å². The molecule has 2 aromatic rings. The molecule has 124 valence electrons. The first kappa shape index (κ1) is 14.7. The summed E-state index contributed by atoms with van der Waals surface area (Å²) >= 11 is 0. The zero-order valence-electron chi connectivity index (χ0n) is 12.8. The Morgan fingerprint density at radius 3 is 2.57 bits per heavy atom. The normalized spacial score (nSPS) is 23.3. The maximum absolute atomic E-state index is 13.2. The third kappa shape index (κ3) is 2.04. The monoisotopic (exact) mass is 326 g/mol. The molecular weight excluding hydrogens is 309 g/mol. The van der Waals surface area contributed by atoms with Crippen LogP contribution in [0.1, 0.15) is 50.2 Å². The number of aromatic nitrogens is 4. The number of alkyl halides is 3. The maximum Gasteiger partial charge on any atom is 0.424 e. The molecule has 0 saturated heterocycles. The summed E-state index contributed by atoms with van der Waals surface area (Å²) in [6.45, 7) is 3.02. The number of halogens is 3. The Bertz CT molecular complexity index is 770. The summed E-state index contributed by atoms with van der Waals surface area (Å²) in [5, 5.41) is 14.6. The highest BCUT2D eigenvalue weighted by Gasteiger charge is 2.55. The molecule has 3 heterocycles. The molecule has 8 heteroatoms. The summed E-state index contributed by atoms with van der Waals surface area (Å²) in [4.78, 5) is 3.91. The van der Waals surface area contributed by atoms with Crippen LogP contribution in [0, 0.1) is 0 Å². The van der Waals surface area contributed by atoms with Crippen LogP contribution in [0.5, 0.6) is 0 Å². The second-order valence-electron chi connectivity index (χ2n) is 6.67. The van der Waals surface area contributed by atoms with Gasteiger partial charge in [0.2, 0.25) is 5.60 Å². The summed E-state index contributed by atoms with van der Waals surface area (Å²) in [6, 6.07) is 1.67. The fourth-order valence-electron chi connectivity index (χ4n) is 3.18. The summed E-state index contributed by atoms with van der Waals surface area (Å²) in [5.74, 6) is 0.102. The van der Waals surface area contributed by atoms with Crippen LogP contribution in [0.4, 0.5) is 13.2 Å². The van der Waals surface area contributed by atoms with Crippen molar-refractivity contribution in [2.45, 2.75) is 57.0 Å². The summed E-state index contributed by atoms with van der Waals surface area (Å²) in [6.07, 6.45) is -1.17. The van der Waals surface area contributed by atoms with E-state index in [2.05, 4.69) is 10.1 Å². The highest BCUT2D eigenvalue weighted by atomic mass is 19.4. The Morgan fingerprint density at radius 2 is 1.96 bits per heavy atom. The average Bonchev–Trinajstić information content (AvgIpc) is 3.04. The van der Waals surface area contributed by atoms with Crippen LogP contribution in [0.3, 0.4) is 0 Å². The van der Waals surface area contributed by atoms with Gasteiger partial charge in [-0.2, -0.15) is 18.3 Å². The molecule has 0 aromatic carbocycles. The first-order chi connectivity index (χ1) is 10.7. The lowest BCUT2D eigenvalue weighted by Crippen LogP contribution is -2.42. The van der Waals surface area contributed by atoms with Crippen molar-refractivity contribution in [2.75, 3.05) is 0 Å². The minimum Gasteiger partial charge on any atom is -0.374 e. The van der Waals surface area contributed by atoms with Crippen LogP contribution < -0.4 is 0 Å². The van der Waals surface area contributed by atoms with Gasteiger partial charge < -0.3 is 9.67 Å². The molecule has 0 radical (unpaired) electrons. The second-order valence-corrected chi connectivity index (χ2v) is 6.67. The molecule has 4 rings (SSSR count). The molecule has 2 aliphatic rings. The molecule has 0 spiro atoms. The zero-order chi connectivity index (χ0) is 16.6. The van der Waals surface area contributed by atoms with E-state index in [1.165, 1.54) is 10.8 Å². The van der Waals surface area contributed by atoms with Gasteiger partial charge in [0, 0.05) is 5.92 Å². The standard InChI is InChI=1S/C15H17F3N4O/c1-8-7-21-11(5-10(20-21)9-3-4-9)12-6-19-13(22(8)12)14(2,23)15(16,17)18/h5-6,8-9,23H,3-4,7H2,1-2H3/t8-,14?/m0/s1. The Labute approximate surface area is 130 Å². The lowest BCUT2D eigenvalue weighted by molar-refractivity contribution is -0.262. The maximum atomic E-state index is 13.2.